The third kappa shape index (κ3) is 3.49. The molecule has 0 bridgehead atoms. The lowest BCUT2D eigenvalue weighted by Crippen LogP contribution is -2.40. The van der Waals surface area contributed by atoms with E-state index in [0.29, 0.717) is 19.4 Å². The van der Waals surface area contributed by atoms with Gasteiger partial charge in [0.1, 0.15) is 5.82 Å². The van der Waals surface area contributed by atoms with Crippen molar-refractivity contribution in [1.82, 2.24) is 19.4 Å². The van der Waals surface area contributed by atoms with Crippen molar-refractivity contribution >= 4 is 5.91 Å². The van der Waals surface area contributed by atoms with E-state index >= 15 is 0 Å². The quantitative estimate of drug-likeness (QED) is 0.778. The first-order chi connectivity index (χ1) is 11.8. The fourth-order valence-electron chi connectivity index (χ4n) is 3.09. The van der Waals surface area contributed by atoms with Crippen LogP contribution in [0.3, 0.4) is 0 Å². The minimum Gasteiger partial charge on any atom is -0.338 e. The SMILES string of the molecule is Cn1cc(C(F)(F)F)nc1[C@@H]1CCCN(C(=O)c2ccncc2F)C1. The van der Waals surface area contributed by atoms with Gasteiger partial charge in [0.2, 0.25) is 0 Å². The minimum atomic E-state index is -4.51. The molecule has 2 aromatic heterocycles. The summed E-state index contributed by atoms with van der Waals surface area (Å²) in [4.78, 5) is 21.3. The van der Waals surface area contributed by atoms with Gasteiger partial charge in [0, 0.05) is 38.4 Å². The second kappa shape index (κ2) is 6.45. The molecule has 5 nitrogen and oxygen atoms in total. The number of carbonyl (C=O) groups is 1. The molecule has 9 heteroatoms. The number of alkyl halides is 3. The Morgan fingerprint density at radius 1 is 1.36 bits per heavy atom. The minimum absolute atomic E-state index is 0.0912. The second-order valence-corrected chi connectivity index (χ2v) is 6.04. The lowest BCUT2D eigenvalue weighted by molar-refractivity contribution is -0.141. The molecule has 1 saturated heterocycles. The number of aryl methyl sites for hydroxylation is 1. The first-order valence-electron chi connectivity index (χ1n) is 7.76. The monoisotopic (exact) mass is 356 g/mol. The van der Waals surface area contributed by atoms with Gasteiger partial charge in [-0.2, -0.15) is 13.2 Å². The van der Waals surface area contributed by atoms with Crippen LogP contribution in [0.2, 0.25) is 0 Å². The summed E-state index contributed by atoms with van der Waals surface area (Å²) in [5.74, 6) is -1.26. The number of amides is 1. The molecule has 134 valence electrons. The predicted molar refractivity (Wildman–Crippen MR) is 80.3 cm³/mol. The number of halogens is 4. The van der Waals surface area contributed by atoms with Crippen LogP contribution in [0.1, 0.15) is 40.6 Å². The molecule has 25 heavy (non-hydrogen) atoms. The molecule has 0 aromatic carbocycles. The summed E-state index contributed by atoms with van der Waals surface area (Å²) in [6, 6.07) is 1.30. The number of pyridine rings is 1. The molecule has 0 saturated carbocycles. The lowest BCUT2D eigenvalue weighted by Gasteiger charge is -2.32. The smallest absolute Gasteiger partial charge is 0.338 e. The Hall–Kier alpha value is -2.45. The number of rotatable bonds is 2. The highest BCUT2D eigenvalue weighted by Gasteiger charge is 2.36. The number of carbonyl (C=O) groups excluding carboxylic acids is 1. The van der Waals surface area contributed by atoms with Crippen molar-refractivity contribution < 1.29 is 22.4 Å². The molecule has 3 rings (SSSR count). The van der Waals surface area contributed by atoms with Crippen LogP contribution in [-0.4, -0.2) is 38.4 Å². The average molecular weight is 356 g/mol. The van der Waals surface area contributed by atoms with Gasteiger partial charge < -0.3 is 9.47 Å². The molecule has 1 aliphatic heterocycles. The zero-order valence-electron chi connectivity index (χ0n) is 13.4. The molecular weight excluding hydrogens is 340 g/mol. The molecular formula is C16H16F4N4O. The van der Waals surface area contributed by atoms with E-state index in [4.69, 9.17) is 0 Å². The van der Waals surface area contributed by atoms with E-state index in [9.17, 15) is 22.4 Å². The lowest BCUT2D eigenvalue weighted by atomic mass is 9.96. The fourth-order valence-corrected chi connectivity index (χ4v) is 3.09. The Kier molecular flexibility index (Phi) is 4.49. The van der Waals surface area contributed by atoms with Crippen molar-refractivity contribution in [2.45, 2.75) is 24.9 Å². The molecule has 1 aliphatic rings. The summed E-state index contributed by atoms with van der Waals surface area (Å²) in [5.41, 5.74) is -1.04. The number of likely N-dealkylation sites (tertiary alicyclic amines) is 1. The van der Waals surface area contributed by atoms with E-state index in [2.05, 4.69) is 9.97 Å². The Balaban J connectivity index is 1.81. The Morgan fingerprint density at radius 3 is 2.76 bits per heavy atom. The number of imidazole rings is 1. The van der Waals surface area contributed by atoms with Gasteiger partial charge >= 0.3 is 6.18 Å². The van der Waals surface area contributed by atoms with E-state index < -0.39 is 23.6 Å². The topological polar surface area (TPSA) is 51.0 Å². The zero-order chi connectivity index (χ0) is 18.2. The molecule has 1 atom stereocenters. The maximum Gasteiger partial charge on any atom is 0.434 e. The fraction of sp³-hybridized carbons (Fsp3) is 0.438. The number of hydrogen-bond acceptors (Lipinski definition) is 3. The van der Waals surface area contributed by atoms with Crippen molar-refractivity contribution in [2.75, 3.05) is 13.1 Å². The third-order valence-electron chi connectivity index (χ3n) is 4.28. The van der Waals surface area contributed by atoms with Crippen molar-refractivity contribution in [3.63, 3.8) is 0 Å². The highest BCUT2D eigenvalue weighted by Crippen LogP contribution is 2.32. The molecule has 0 aliphatic carbocycles. The van der Waals surface area contributed by atoms with Gasteiger partial charge in [-0.3, -0.25) is 9.78 Å². The van der Waals surface area contributed by atoms with Crippen molar-refractivity contribution in [1.29, 1.82) is 0 Å². The zero-order valence-corrected chi connectivity index (χ0v) is 13.4. The normalized spacial score (nSPS) is 18.4. The van der Waals surface area contributed by atoms with Crippen LogP contribution in [-0.2, 0) is 13.2 Å². The summed E-state index contributed by atoms with van der Waals surface area (Å²) >= 11 is 0. The van der Waals surface area contributed by atoms with Gasteiger partial charge in [0.05, 0.1) is 11.8 Å². The molecule has 0 spiro atoms. The van der Waals surface area contributed by atoms with Crippen LogP contribution in [0.4, 0.5) is 17.6 Å². The summed E-state index contributed by atoms with van der Waals surface area (Å²) in [5, 5.41) is 0. The highest BCUT2D eigenvalue weighted by molar-refractivity contribution is 5.94. The van der Waals surface area contributed by atoms with Crippen LogP contribution in [0.5, 0.6) is 0 Å². The maximum absolute atomic E-state index is 13.8. The van der Waals surface area contributed by atoms with Gasteiger partial charge in [0.25, 0.3) is 5.91 Å². The number of aromatic nitrogens is 3. The number of piperidine rings is 1. The average Bonchev–Trinajstić information content (AvgIpc) is 2.97. The van der Waals surface area contributed by atoms with E-state index in [-0.39, 0.29) is 23.9 Å². The van der Waals surface area contributed by atoms with Gasteiger partial charge in [0.15, 0.2) is 11.5 Å². The molecule has 0 radical (unpaired) electrons. The van der Waals surface area contributed by atoms with Crippen molar-refractivity contribution in [2.24, 2.45) is 7.05 Å². The largest absolute Gasteiger partial charge is 0.434 e. The molecule has 0 N–H and O–H groups in total. The van der Waals surface area contributed by atoms with Crippen LogP contribution in [0, 0.1) is 5.82 Å². The number of hydrogen-bond donors (Lipinski definition) is 0. The van der Waals surface area contributed by atoms with Gasteiger partial charge in [-0.25, -0.2) is 9.37 Å². The van der Waals surface area contributed by atoms with Crippen LogP contribution < -0.4 is 0 Å². The first kappa shape index (κ1) is 17.4. The van der Waals surface area contributed by atoms with Crippen LogP contribution in [0.25, 0.3) is 0 Å². The second-order valence-electron chi connectivity index (χ2n) is 6.04. The van der Waals surface area contributed by atoms with Crippen LogP contribution >= 0.6 is 0 Å². The van der Waals surface area contributed by atoms with Crippen molar-refractivity contribution in [3.8, 4) is 0 Å². The molecule has 1 amide bonds. The Labute approximate surface area is 141 Å². The first-order valence-corrected chi connectivity index (χ1v) is 7.76. The highest BCUT2D eigenvalue weighted by atomic mass is 19.4. The van der Waals surface area contributed by atoms with E-state index in [1.165, 1.54) is 28.8 Å². The summed E-state index contributed by atoms with van der Waals surface area (Å²) in [6.45, 7) is 0.621. The molecule has 3 heterocycles. The summed E-state index contributed by atoms with van der Waals surface area (Å²) < 4.78 is 53.6. The standard InChI is InChI=1S/C16H16F4N4O/c1-23-9-13(16(18,19)20)22-14(23)10-3-2-6-24(8-10)15(25)11-4-5-21-7-12(11)17/h4-5,7,9-10H,2-3,6,8H2,1H3/t10-/m1/s1. The summed E-state index contributed by atoms with van der Waals surface area (Å²) in [7, 11) is 1.50. The van der Waals surface area contributed by atoms with Crippen molar-refractivity contribution in [3.05, 3.63) is 47.6 Å². The van der Waals surface area contributed by atoms with E-state index in [0.717, 1.165) is 12.4 Å². The summed E-state index contributed by atoms with van der Waals surface area (Å²) in [6.07, 6.45) is -0.0593. The van der Waals surface area contributed by atoms with Gasteiger partial charge in [-0.1, -0.05) is 0 Å². The maximum atomic E-state index is 13.8. The molecule has 2 aromatic rings. The van der Waals surface area contributed by atoms with Gasteiger partial charge in [-0.15, -0.1) is 0 Å². The Bertz CT molecular complexity index is 787. The van der Waals surface area contributed by atoms with Gasteiger partial charge in [-0.05, 0) is 18.9 Å². The van der Waals surface area contributed by atoms with Crippen LogP contribution in [0.15, 0.2) is 24.7 Å². The number of nitrogens with zero attached hydrogens (tertiary/aromatic N) is 4. The third-order valence-corrected chi connectivity index (χ3v) is 4.28. The molecule has 0 unspecified atom stereocenters. The Morgan fingerprint density at radius 2 is 2.12 bits per heavy atom. The molecule has 1 fully saturated rings. The predicted octanol–water partition coefficient (Wildman–Crippen LogP) is 2.99. The van der Waals surface area contributed by atoms with E-state index in [1.54, 1.807) is 0 Å². The van der Waals surface area contributed by atoms with E-state index in [1.807, 2.05) is 0 Å².